The van der Waals surface area contributed by atoms with Gasteiger partial charge in [0.2, 0.25) is 11.8 Å². The second-order valence-electron chi connectivity index (χ2n) is 6.15. The van der Waals surface area contributed by atoms with Crippen molar-refractivity contribution >= 4 is 33.4 Å². The molecule has 2 atom stereocenters. The molecule has 0 radical (unpaired) electrons. The summed E-state index contributed by atoms with van der Waals surface area (Å²) in [6.07, 6.45) is 0.611. The molecule has 2 aromatic carbocycles. The predicted octanol–water partition coefficient (Wildman–Crippen LogP) is 3.65. The highest BCUT2D eigenvalue weighted by Gasteiger charge is 2.47. The van der Waals surface area contributed by atoms with Crippen molar-refractivity contribution in [2.24, 2.45) is 11.8 Å². The van der Waals surface area contributed by atoms with E-state index in [0.29, 0.717) is 13.0 Å². The summed E-state index contributed by atoms with van der Waals surface area (Å²) in [6.45, 7) is 2.52. The number of rotatable bonds is 5. The molecule has 2 amide bonds. The molecule has 2 unspecified atom stereocenters. The Morgan fingerprint density at radius 2 is 1.79 bits per heavy atom. The van der Waals surface area contributed by atoms with Crippen molar-refractivity contribution in [1.29, 1.82) is 0 Å². The minimum atomic E-state index is -0.234. The first-order chi connectivity index (χ1) is 11.5. The van der Waals surface area contributed by atoms with Gasteiger partial charge in [0.1, 0.15) is 0 Å². The highest BCUT2D eigenvalue weighted by Crippen LogP contribution is 2.39. The van der Waals surface area contributed by atoms with Crippen molar-refractivity contribution in [3.8, 4) is 0 Å². The van der Waals surface area contributed by atoms with E-state index >= 15 is 0 Å². The molecule has 2 N–H and O–H groups in total. The zero-order valence-corrected chi connectivity index (χ0v) is 15.0. The molecule has 0 heterocycles. The van der Waals surface area contributed by atoms with Crippen molar-refractivity contribution in [2.75, 3.05) is 5.32 Å². The average Bonchev–Trinajstić information content (AvgIpc) is 3.35. The molecular weight excluding hydrogens is 368 g/mol. The van der Waals surface area contributed by atoms with Gasteiger partial charge in [-0.25, -0.2) is 0 Å². The number of aryl methyl sites for hydroxylation is 1. The SMILES string of the molecule is Cc1ccc(CNC(=O)C2CC2C(=O)Nc2cccc(Br)c2)cc1. The summed E-state index contributed by atoms with van der Waals surface area (Å²) in [4.78, 5) is 24.4. The van der Waals surface area contributed by atoms with E-state index in [4.69, 9.17) is 0 Å². The second kappa shape index (κ2) is 7.18. The molecule has 0 spiro atoms. The van der Waals surface area contributed by atoms with Gasteiger partial charge in [-0.3, -0.25) is 9.59 Å². The van der Waals surface area contributed by atoms with Gasteiger partial charge in [-0.05, 0) is 37.1 Å². The van der Waals surface area contributed by atoms with Gasteiger partial charge in [0.15, 0.2) is 0 Å². The lowest BCUT2D eigenvalue weighted by Crippen LogP contribution is -2.27. The van der Waals surface area contributed by atoms with Crippen molar-refractivity contribution in [3.05, 3.63) is 64.1 Å². The minimum absolute atomic E-state index is 0.0510. The molecule has 124 valence electrons. The first-order valence-electron chi connectivity index (χ1n) is 7.92. The van der Waals surface area contributed by atoms with Crippen LogP contribution in [0.1, 0.15) is 17.5 Å². The number of carbonyl (C=O) groups excluding carboxylic acids is 2. The topological polar surface area (TPSA) is 58.2 Å². The third-order valence-corrected chi connectivity index (χ3v) is 4.64. The van der Waals surface area contributed by atoms with Gasteiger partial charge in [0.05, 0.1) is 11.8 Å². The Hall–Kier alpha value is -2.14. The Labute approximate surface area is 149 Å². The van der Waals surface area contributed by atoms with Crippen LogP contribution >= 0.6 is 15.9 Å². The van der Waals surface area contributed by atoms with E-state index < -0.39 is 0 Å². The normalized spacial score (nSPS) is 18.8. The third-order valence-electron chi connectivity index (χ3n) is 4.14. The zero-order chi connectivity index (χ0) is 17.1. The van der Waals surface area contributed by atoms with E-state index in [2.05, 4.69) is 26.6 Å². The van der Waals surface area contributed by atoms with Crippen molar-refractivity contribution in [3.63, 3.8) is 0 Å². The maximum absolute atomic E-state index is 12.2. The molecule has 1 fully saturated rings. The number of anilines is 1. The molecule has 1 aliphatic carbocycles. The van der Waals surface area contributed by atoms with Crippen LogP contribution < -0.4 is 10.6 Å². The molecule has 0 saturated heterocycles. The van der Waals surface area contributed by atoms with E-state index in [1.54, 1.807) is 0 Å². The number of amides is 2. The van der Waals surface area contributed by atoms with E-state index in [1.165, 1.54) is 5.56 Å². The molecule has 0 aliphatic heterocycles. The molecule has 1 saturated carbocycles. The minimum Gasteiger partial charge on any atom is -0.352 e. The van der Waals surface area contributed by atoms with Gasteiger partial charge in [0.25, 0.3) is 0 Å². The van der Waals surface area contributed by atoms with E-state index in [9.17, 15) is 9.59 Å². The number of benzene rings is 2. The Bertz CT molecular complexity index is 758. The summed E-state index contributed by atoms with van der Waals surface area (Å²) in [6, 6.07) is 15.5. The Morgan fingerprint density at radius 1 is 1.08 bits per heavy atom. The van der Waals surface area contributed by atoms with E-state index in [-0.39, 0.29) is 23.7 Å². The molecule has 4 nitrogen and oxygen atoms in total. The molecule has 0 aromatic heterocycles. The van der Waals surface area contributed by atoms with Crippen LogP contribution in [0, 0.1) is 18.8 Å². The zero-order valence-electron chi connectivity index (χ0n) is 13.4. The van der Waals surface area contributed by atoms with Gasteiger partial charge in [0, 0.05) is 16.7 Å². The first-order valence-corrected chi connectivity index (χ1v) is 8.72. The number of hydrogen-bond donors (Lipinski definition) is 2. The number of halogens is 1. The fourth-order valence-corrected chi connectivity index (χ4v) is 3.00. The van der Waals surface area contributed by atoms with E-state index in [1.807, 2.05) is 55.5 Å². The fraction of sp³-hybridized carbons (Fsp3) is 0.263. The van der Waals surface area contributed by atoms with Gasteiger partial charge in [-0.1, -0.05) is 51.8 Å². The third kappa shape index (κ3) is 4.23. The smallest absolute Gasteiger partial charge is 0.228 e. The summed E-state index contributed by atoms with van der Waals surface area (Å²) in [5.74, 6) is -0.599. The average molecular weight is 387 g/mol. The quantitative estimate of drug-likeness (QED) is 0.823. The summed E-state index contributed by atoms with van der Waals surface area (Å²) >= 11 is 3.37. The van der Waals surface area contributed by atoms with Gasteiger partial charge in [-0.2, -0.15) is 0 Å². The van der Waals surface area contributed by atoms with Crippen LogP contribution in [0.2, 0.25) is 0 Å². The number of carbonyl (C=O) groups is 2. The molecule has 1 aliphatic rings. The molecule has 24 heavy (non-hydrogen) atoms. The van der Waals surface area contributed by atoms with Crippen molar-refractivity contribution in [1.82, 2.24) is 5.32 Å². The van der Waals surface area contributed by atoms with Crippen LogP contribution in [-0.4, -0.2) is 11.8 Å². The van der Waals surface area contributed by atoms with Crippen LogP contribution in [0.15, 0.2) is 53.0 Å². The Morgan fingerprint density at radius 3 is 2.50 bits per heavy atom. The number of nitrogens with one attached hydrogen (secondary N) is 2. The Kier molecular flexibility index (Phi) is 5.00. The molecule has 2 aromatic rings. The predicted molar refractivity (Wildman–Crippen MR) is 97.4 cm³/mol. The molecular formula is C19H19BrN2O2. The summed E-state index contributed by atoms with van der Waals surface area (Å²) < 4.78 is 0.906. The van der Waals surface area contributed by atoms with Crippen molar-refractivity contribution < 1.29 is 9.59 Å². The molecule has 3 rings (SSSR count). The fourth-order valence-electron chi connectivity index (χ4n) is 2.60. The van der Waals surface area contributed by atoms with Crippen LogP contribution in [0.5, 0.6) is 0 Å². The maximum atomic E-state index is 12.2. The number of hydrogen-bond acceptors (Lipinski definition) is 2. The monoisotopic (exact) mass is 386 g/mol. The summed E-state index contributed by atoms with van der Waals surface area (Å²) in [5.41, 5.74) is 2.99. The van der Waals surface area contributed by atoms with Gasteiger partial charge >= 0.3 is 0 Å². The van der Waals surface area contributed by atoms with Crippen LogP contribution in [0.4, 0.5) is 5.69 Å². The summed E-state index contributed by atoms with van der Waals surface area (Å²) in [7, 11) is 0. The first kappa shape index (κ1) is 16.7. The second-order valence-corrected chi connectivity index (χ2v) is 7.07. The molecule has 0 bridgehead atoms. The van der Waals surface area contributed by atoms with Crippen LogP contribution in [0.3, 0.4) is 0 Å². The van der Waals surface area contributed by atoms with Crippen molar-refractivity contribution in [2.45, 2.75) is 19.9 Å². The maximum Gasteiger partial charge on any atom is 0.228 e. The van der Waals surface area contributed by atoms with Gasteiger partial charge < -0.3 is 10.6 Å². The Balaban J connectivity index is 1.48. The lowest BCUT2D eigenvalue weighted by molar-refractivity contribution is -0.125. The molecule has 5 heteroatoms. The summed E-state index contributed by atoms with van der Waals surface area (Å²) in [5, 5.41) is 5.77. The lowest BCUT2D eigenvalue weighted by Gasteiger charge is -2.07. The van der Waals surface area contributed by atoms with Crippen LogP contribution in [0.25, 0.3) is 0 Å². The van der Waals surface area contributed by atoms with Gasteiger partial charge in [-0.15, -0.1) is 0 Å². The standard InChI is InChI=1S/C19H19BrN2O2/c1-12-5-7-13(8-6-12)11-21-18(23)16-10-17(16)19(24)22-15-4-2-3-14(20)9-15/h2-9,16-17H,10-11H2,1H3,(H,21,23)(H,22,24). The lowest BCUT2D eigenvalue weighted by atomic mass is 10.1. The van der Waals surface area contributed by atoms with Crippen LogP contribution in [-0.2, 0) is 16.1 Å². The largest absolute Gasteiger partial charge is 0.352 e. The highest BCUT2D eigenvalue weighted by atomic mass is 79.9. The van der Waals surface area contributed by atoms with E-state index in [0.717, 1.165) is 15.7 Å². The highest BCUT2D eigenvalue weighted by molar-refractivity contribution is 9.10.